The molecule has 0 unspecified atom stereocenters. The van der Waals surface area contributed by atoms with Gasteiger partial charge in [-0.1, -0.05) is 194 Å². The summed E-state index contributed by atoms with van der Waals surface area (Å²) in [6, 6.07) is 106. The van der Waals surface area contributed by atoms with Gasteiger partial charge in [0.15, 0.2) is 0 Å². The van der Waals surface area contributed by atoms with Crippen LogP contribution in [-0.2, 0) is 0 Å². The minimum Gasteiger partial charge on any atom is -0.456 e. The number of para-hydroxylation sites is 1. The highest BCUT2D eigenvalue weighted by Gasteiger charge is 2.45. The average molecular weight is 1100 g/mol. The first-order valence-electron chi connectivity index (χ1n) is 28.7. The molecule has 0 saturated heterocycles. The van der Waals surface area contributed by atoms with Crippen molar-refractivity contribution in [1.29, 1.82) is 0 Å². The molecule has 0 N–H and O–H groups in total. The van der Waals surface area contributed by atoms with Crippen LogP contribution in [0.3, 0.4) is 0 Å². The Balaban J connectivity index is 1.01. The summed E-state index contributed by atoms with van der Waals surface area (Å²) < 4.78 is 11.7. The molecule has 13 aromatic carbocycles. The molecule has 0 bridgehead atoms. The summed E-state index contributed by atoms with van der Waals surface area (Å²) in [5, 5.41) is 7.29. The van der Waals surface area contributed by atoms with Gasteiger partial charge in [0, 0.05) is 85.0 Å². The minimum absolute atomic E-state index is 0.140. The minimum atomic E-state index is -0.140. The Hall–Kier alpha value is -10.2. The van der Waals surface area contributed by atoms with E-state index in [2.05, 4.69) is 295 Å². The molecule has 0 aliphatic carbocycles. The molecule has 0 saturated carbocycles. The number of hydrogen-bond donors (Lipinski definition) is 0. The third kappa shape index (κ3) is 7.31. The fourth-order valence-corrected chi connectivity index (χ4v) is 16.1. The molecule has 18 rings (SSSR count). The van der Waals surface area contributed by atoms with Gasteiger partial charge in [0.25, 0.3) is 6.71 Å². The van der Waals surface area contributed by atoms with Crippen molar-refractivity contribution < 1.29 is 4.42 Å². The van der Waals surface area contributed by atoms with Crippen LogP contribution in [0, 0.1) is 0 Å². The smallest absolute Gasteiger partial charge is 0.252 e. The number of benzene rings is 13. The maximum absolute atomic E-state index is 6.53. The summed E-state index contributed by atoms with van der Waals surface area (Å²) in [6.45, 7) is -0.140. The topological polar surface area (TPSA) is 19.6 Å². The molecular weight excluding hydrogens is 1060 g/mol. The zero-order valence-corrected chi connectivity index (χ0v) is 47.0. The molecule has 6 heteroatoms. The quantitative estimate of drug-likeness (QED) is 0.148. The van der Waals surface area contributed by atoms with Crippen LogP contribution in [0.5, 0.6) is 0 Å². The molecule has 84 heavy (non-hydrogen) atoms. The van der Waals surface area contributed by atoms with E-state index < -0.39 is 0 Å². The summed E-state index contributed by atoms with van der Waals surface area (Å²) in [5.41, 5.74) is 24.1. The van der Waals surface area contributed by atoms with E-state index in [1.54, 1.807) is 0 Å². The first-order chi connectivity index (χ1) is 41.6. The molecule has 0 atom stereocenters. The number of furan rings is 1. The molecule has 390 valence electrons. The van der Waals surface area contributed by atoms with Gasteiger partial charge >= 0.3 is 0 Å². The van der Waals surface area contributed by atoms with Crippen molar-refractivity contribution in [3.63, 3.8) is 0 Å². The lowest BCUT2D eigenvalue weighted by Crippen LogP contribution is -2.61. The van der Waals surface area contributed by atoms with Gasteiger partial charge < -0.3 is 14.2 Å². The van der Waals surface area contributed by atoms with Crippen LogP contribution in [0.4, 0.5) is 34.1 Å². The van der Waals surface area contributed by atoms with E-state index in [-0.39, 0.29) is 6.71 Å². The van der Waals surface area contributed by atoms with E-state index in [1.165, 1.54) is 90.4 Å². The molecule has 0 radical (unpaired) electrons. The maximum atomic E-state index is 6.53. The molecular formula is C78H47BN2OS2. The largest absolute Gasteiger partial charge is 0.456 e. The fourth-order valence-electron chi connectivity index (χ4n) is 13.8. The summed E-state index contributed by atoms with van der Waals surface area (Å²) in [5.74, 6) is 0. The number of anilines is 6. The van der Waals surface area contributed by atoms with Crippen LogP contribution in [0.1, 0.15) is 0 Å². The van der Waals surface area contributed by atoms with Gasteiger partial charge in [-0.25, -0.2) is 0 Å². The molecule has 3 nitrogen and oxygen atoms in total. The van der Waals surface area contributed by atoms with Crippen molar-refractivity contribution in [1.82, 2.24) is 0 Å². The number of thiophene rings is 2. The van der Waals surface area contributed by atoms with E-state index >= 15 is 0 Å². The molecule has 3 aromatic heterocycles. The third-order valence-corrected chi connectivity index (χ3v) is 19.9. The van der Waals surface area contributed by atoms with Crippen LogP contribution < -0.4 is 26.2 Å². The van der Waals surface area contributed by atoms with E-state index in [0.717, 1.165) is 78.1 Å². The highest BCUT2D eigenvalue weighted by Crippen LogP contribution is 2.53. The second kappa shape index (κ2) is 18.6. The molecule has 0 fully saturated rings. The number of rotatable bonds is 7. The standard InChI is InChI=1S/C78H47BN2OS2/c1-5-19-48(20-6-1)52-33-36-66(59(39-52)50-23-9-3-10-24-50)80-68-44-62-57-28-14-17-31-74(57)83-76(62)46-64(68)79-65-47-77-63(58-29-15-18-32-75(58)84-77)45-69(65)81(67-37-34-53(49-21-7-2-8-22-49)40-60(67)51-25-11-4-12-26-51)71-43-55(42-70(80)78(71)79)54-35-38-73-61(41-54)56-27-13-16-30-72(56)82-73/h1-47H. The van der Waals surface area contributed by atoms with Gasteiger partial charge in [0.2, 0.25) is 0 Å². The number of nitrogens with zero attached hydrogens (tertiary/aromatic N) is 2. The van der Waals surface area contributed by atoms with E-state index in [0.29, 0.717) is 0 Å². The lowest BCUT2D eigenvalue weighted by atomic mass is 9.33. The first-order valence-corrected chi connectivity index (χ1v) is 30.4. The van der Waals surface area contributed by atoms with Gasteiger partial charge in [-0.2, -0.15) is 0 Å². The zero-order valence-electron chi connectivity index (χ0n) is 45.3. The lowest BCUT2D eigenvalue weighted by Gasteiger charge is -2.45. The van der Waals surface area contributed by atoms with Crippen LogP contribution in [-0.4, -0.2) is 6.71 Å². The van der Waals surface area contributed by atoms with Gasteiger partial charge in [0.1, 0.15) is 11.2 Å². The normalized spacial score (nSPS) is 12.7. The lowest BCUT2D eigenvalue weighted by molar-refractivity contribution is 0.669. The average Bonchev–Trinajstić information content (AvgIpc) is 1.71. The summed E-state index contributed by atoms with van der Waals surface area (Å²) in [6.07, 6.45) is 0. The highest BCUT2D eigenvalue weighted by atomic mass is 32.1. The van der Waals surface area contributed by atoms with Gasteiger partial charge in [-0.05, 0) is 152 Å². The van der Waals surface area contributed by atoms with E-state index in [4.69, 9.17) is 4.42 Å². The van der Waals surface area contributed by atoms with Crippen molar-refractivity contribution in [2.24, 2.45) is 0 Å². The Morgan fingerprint density at radius 1 is 0.250 bits per heavy atom. The molecule has 5 heterocycles. The Morgan fingerprint density at radius 2 is 0.667 bits per heavy atom. The summed E-state index contributed by atoms with van der Waals surface area (Å²) in [4.78, 5) is 5.28. The van der Waals surface area contributed by atoms with Crippen molar-refractivity contribution in [3.8, 4) is 55.6 Å². The molecule has 2 aliphatic heterocycles. The SMILES string of the molecule is c1ccc(-c2ccc(N3c4cc5c(cc4B4c6cc7sc8ccccc8c7cc6N(c6ccc(-c7ccccc7)cc6-c6ccccc6)c6cc(-c7ccc8oc9ccccc9c8c7)cc3c64)sc3ccccc35)c(-c3ccccc3)c2)cc1. The van der Waals surface area contributed by atoms with Crippen LogP contribution >= 0.6 is 22.7 Å². The number of fused-ring (bicyclic) bond motifs is 13. The third-order valence-electron chi connectivity index (χ3n) is 17.6. The molecule has 0 spiro atoms. The predicted molar refractivity (Wildman–Crippen MR) is 361 cm³/mol. The highest BCUT2D eigenvalue weighted by molar-refractivity contribution is 7.26. The summed E-state index contributed by atoms with van der Waals surface area (Å²) in [7, 11) is 0. The van der Waals surface area contributed by atoms with Crippen molar-refractivity contribution in [3.05, 3.63) is 285 Å². The van der Waals surface area contributed by atoms with Crippen molar-refractivity contribution in [2.45, 2.75) is 0 Å². The van der Waals surface area contributed by atoms with Gasteiger partial charge in [-0.3, -0.25) is 0 Å². The second-order valence-electron chi connectivity index (χ2n) is 22.3. The Bertz CT molecular complexity index is 5070. The Kier molecular flexibility index (Phi) is 10.5. The van der Waals surface area contributed by atoms with Crippen molar-refractivity contribution >= 4 is 142 Å². The van der Waals surface area contributed by atoms with Crippen molar-refractivity contribution in [2.75, 3.05) is 9.80 Å². The maximum Gasteiger partial charge on any atom is 0.252 e. The fraction of sp³-hybridized carbons (Fsp3) is 0. The van der Waals surface area contributed by atoms with Gasteiger partial charge in [0.05, 0.1) is 11.4 Å². The predicted octanol–water partition coefficient (Wildman–Crippen LogP) is 20.7. The van der Waals surface area contributed by atoms with E-state index in [1.807, 2.05) is 22.7 Å². The Morgan fingerprint density at radius 3 is 1.18 bits per heavy atom. The van der Waals surface area contributed by atoms with Gasteiger partial charge in [-0.15, -0.1) is 22.7 Å². The van der Waals surface area contributed by atoms with E-state index in [9.17, 15) is 0 Å². The van der Waals surface area contributed by atoms with Crippen LogP contribution in [0.15, 0.2) is 290 Å². The number of hydrogen-bond acceptors (Lipinski definition) is 5. The first kappa shape index (κ1) is 47.4. The van der Waals surface area contributed by atoms with Crippen LogP contribution in [0.25, 0.3) is 118 Å². The molecule has 0 amide bonds. The molecule has 16 aromatic rings. The van der Waals surface area contributed by atoms with Crippen LogP contribution in [0.2, 0.25) is 0 Å². The monoisotopic (exact) mass is 1100 g/mol. The molecule has 2 aliphatic rings. The Labute approximate surface area is 493 Å². The second-order valence-corrected chi connectivity index (χ2v) is 24.4. The summed E-state index contributed by atoms with van der Waals surface area (Å²) >= 11 is 3.80. The zero-order chi connectivity index (χ0) is 55.0.